The molecule has 2 heteroatoms. The van der Waals surface area contributed by atoms with Crippen LogP contribution in [-0.2, 0) is 0 Å². The van der Waals surface area contributed by atoms with Crippen LogP contribution in [0.2, 0.25) is 0 Å². The summed E-state index contributed by atoms with van der Waals surface area (Å²) < 4.78 is 0. The normalized spacial score (nSPS) is 15.8. The molecule has 0 bridgehead atoms. The molecule has 1 heterocycles. The van der Waals surface area contributed by atoms with E-state index in [0.29, 0.717) is 0 Å². The summed E-state index contributed by atoms with van der Waals surface area (Å²) in [6.07, 6.45) is 0. The first-order valence-corrected chi connectivity index (χ1v) is 4.22. The highest BCUT2D eigenvalue weighted by molar-refractivity contribution is 5.83. The van der Waals surface area contributed by atoms with Gasteiger partial charge in [-0.1, -0.05) is 20.4 Å². The average molecular weight is 154 g/mol. The molecule has 1 aliphatic heterocycles. The maximum absolute atomic E-state index is 4.21. The van der Waals surface area contributed by atoms with Crippen LogP contribution in [0, 0.1) is 0 Å². The van der Waals surface area contributed by atoms with Crippen LogP contribution in [0.1, 0.15) is 27.7 Å². The van der Waals surface area contributed by atoms with Crippen LogP contribution in [-0.4, -0.2) is 23.8 Å². The molecular formula is C9H18N2. The van der Waals surface area contributed by atoms with Gasteiger partial charge in [-0.15, -0.1) is 0 Å². The summed E-state index contributed by atoms with van der Waals surface area (Å²) in [5.74, 6) is 1.10. The molecule has 0 aromatic carbocycles. The van der Waals surface area contributed by atoms with E-state index in [0.717, 1.165) is 24.6 Å². The number of rotatable bonds is 1. The van der Waals surface area contributed by atoms with Crippen molar-refractivity contribution in [3.05, 3.63) is 12.3 Å². The number of likely N-dealkylation sites (N-methyl/N-ethyl adjacent to an activating group) is 1. The molecule has 0 atom stereocenters. The van der Waals surface area contributed by atoms with Gasteiger partial charge < -0.3 is 4.90 Å². The summed E-state index contributed by atoms with van der Waals surface area (Å²) in [6.45, 7) is 13.8. The lowest BCUT2D eigenvalue weighted by atomic mass is 10.4. The molecule has 11 heavy (non-hydrogen) atoms. The summed E-state index contributed by atoms with van der Waals surface area (Å²) in [5.41, 5.74) is 1.12. The fourth-order valence-corrected chi connectivity index (χ4v) is 1.06. The molecule has 0 N–H and O–H groups in total. The van der Waals surface area contributed by atoms with E-state index in [1.165, 1.54) is 0 Å². The van der Waals surface area contributed by atoms with Crippen molar-refractivity contribution in [1.82, 2.24) is 4.90 Å². The third-order valence-corrected chi connectivity index (χ3v) is 1.58. The smallest absolute Gasteiger partial charge is 0.100 e. The molecular weight excluding hydrogens is 136 g/mol. The van der Waals surface area contributed by atoms with E-state index in [-0.39, 0.29) is 0 Å². The van der Waals surface area contributed by atoms with E-state index >= 15 is 0 Å². The Bertz CT molecular complexity index is 159. The number of hydrogen-bond donors (Lipinski definition) is 0. The van der Waals surface area contributed by atoms with Crippen molar-refractivity contribution in [3.63, 3.8) is 0 Å². The molecule has 0 radical (unpaired) electrons. The molecule has 2 nitrogen and oxygen atoms in total. The van der Waals surface area contributed by atoms with Crippen molar-refractivity contribution in [1.29, 1.82) is 0 Å². The first kappa shape index (κ1) is 10.2. The Morgan fingerprint density at radius 2 is 2.09 bits per heavy atom. The van der Waals surface area contributed by atoms with E-state index in [1.54, 1.807) is 0 Å². The van der Waals surface area contributed by atoms with Gasteiger partial charge in [0.05, 0.1) is 6.54 Å². The standard InChI is InChI=1S/C7H12N2.C2H6/c1-4-9-6(2)5-8-7(9)3;1-2/h2,4-5H2,1,3H3;1-2H3. The third-order valence-electron chi connectivity index (χ3n) is 1.58. The van der Waals surface area contributed by atoms with Crippen LogP contribution < -0.4 is 0 Å². The molecule has 0 saturated carbocycles. The maximum Gasteiger partial charge on any atom is 0.100 e. The van der Waals surface area contributed by atoms with Crippen LogP contribution in [0.4, 0.5) is 0 Å². The molecule has 1 aliphatic rings. The molecule has 64 valence electrons. The van der Waals surface area contributed by atoms with E-state index in [9.17, 15) is 0 Å². The monoisotopic (exact) mass is 154 g/mol. The predicted octanol–water partition coefficient (Wildman–Crippen LogP) is 2.28. The fourth-order valence-electron chi connectivity index (χ4n) is 1.06. The molecule has 1 rings (SSSR count). The zero-order chi connectivity index (χ0) is 8.85. The van der Waals surface area contributed by atoms with E-state index in [2.05, 4.69) is 23.4 Å². The second kappa shape index (κ2) is 4.94. The van der Waals surface area contributed by atoms with Crippen LogP contribution in [0.5, 0.6) is 0 Å². The lowest BCUT2D eigenvalue weighted by Gasteiger charge is -2.15. The number of nitrogens with zero attached hydrogens (tertiary/aromatic N) is 2. The van der Waals surface area contributed by atoms with Crippen molar-refractivity contribution >= 4 is 5.84 Å². The second-order valence-electron chi connectivity index (χ2n) is 2.17. The van der Waals surface area contributed by atoms with Gasteiger partial charge in [0.1, 0.15) is 5.84 Å². The Labute approximate surface area is 69.6 Å². The quantitative estimate of drug-likeness (QED) is 0.565. The topological polar surface area (TPSA) is 15.6 Å². The second-order valence-corrected chi connectivity index (χ2v) is 2.17. The van der Waals surface area contributed by atoms with Gasteiger partial charge in [0.2, 0.25) is 0 Å². The number of amidine groups is 1. The van der Waals surface area contributed by atoms with Gasteiger partial charge in [0.25, 0.3) is 0 Å². The first-order valence-electron chi connectivity index (χ1n) is 4.22. The number of hydrogen-bond acceptors (Lipinski definition) is 2. The van der Waals surface area contributed by atoms with Crippen molar-refractivity contribution in [3.8, 4) is 0 Å². The Morgan fingerprint density at radius 1 is 1.55 bits per heavy atom. The van der Waals surface area contributed by atoms with Crippen LogP contribution >= 0.6 is 0 Å². The fraction of sp³-hybridized carbons (Fsp3) is 0.667. The van der Waals surface area contributed by atoms with Gasteiger partial charge >= 0.3 is 0 Å². The summed E-state index contributed by atoms with van der Waals surface area (Å²) in [7, 11) is 0. The van der Waals surface area contributed by atoms with Crippen LogP contribution in [0.25, 0.3) is 0 Å². The summed E-state index contributed by atoms with van der Waals surface area (Å²) in [5, 5.41) is 0. The lowest BCUT2D eigenvalue weighted by molar-refractivity contribution is 0.560. The van der Waals surface area contributed by atoms with E-state index < -0.39 is 0 Å². The zero-order valence-corrected chi connectivity index (χ0v) is 8.02. The number of aliphatic imine (C=N–C) groups is 1. The summed E-state index contributed by atoms with van der Waals surface area (Å²) >= 11 is 0. The Balaban J connectivity index is 0.000000461. The Hall–Kier alpha value is -0.790. The Morgan fingerprint density at radius 3 is 2.27 bits per heavy atom. The summed E-state index contributed by atoms with van der Waals surface area (Å²) in [4.78, 5) is 6.34. The lowest BCUT2D eigenvalue weighted by Crippen LogP contribution is -2.22. The van der Waals surface area contributed by atoms with Gasteiger partial charge in [-0.05, 0) is 13.8 Å². The SMILES string of the molecule is C=C1CN=C(C)N1CC.CC. The first-order chi connectivity index (χ1) is 5.25. The Kier molecular flexibility index (Phi) is 4.59. The molecule has 0 fully saturated rings. The maximum atomic E-state index is 4.21. The van der Waals surface area contributed by atoms with Gasteiger partial charge in [-0.3, -0.25) is 4.99 Å². The van der Waals surface area contributed by atoms with Crippen molar-refractivity contribution < 1.29 is 0 Å². The largest absolute Gasteiger partial charge is 0.333 e. The average Bonchev–Trinajstić information content (AvgIpc) is 2.35. The minimum atomic E-state index is 0.791. The van der Waals surface area contributed by atoms with Crippen LogP contribution in [0.15, 0.2) is 17.3 Å². The van der Waals surface area contributed by atoms with Gasteiger partial charge in [0.15, 0.2) is 0 Å². The molecule has 0 aliphatic carbocycles. The molecule has 0 aromatic heterocycles. The van der Waals surface area contributed by atoms with E-state index in [4.69, 9.17) is 0 Å². The van der Waals surface area contributed by atoms with Gasteiger partial charge in [-0.2, -0.15) is 0 Å². The summed E-state index contributed by atoms with van der Waals surface area (Å²) in [6, 6.07) is 0. The molecule has 0 unspecified atom stereocenters. The highest BCUT2D eigenvalue weighted by Gasteiger charge is 2.13. The zero-order valence-electron chi connectivity index (χ0n) is 8.02. The molecule has 0 spiro atoms. The molecule has 0 aromatic rings. The highest BCUT2D eigenvalue weighted by Crippen LogP contribution is 2.10. The van der Waals surface area contributed by atoms with Crippen molar-refractivity contribution in [2.24, 2.45) is 4.99 Å². The molecule has 0 amide bonds. The predicted molar refractivity (Wildman–Crippen MR) is 50.8 cm³/mol. The van der Waals surface area contributed by atoms with Gasteiger partial charge in [0, 0.05) is 12.2 Å². The van der Waals surface area contributed by atoms with Crippen LogP contribution in [0.3, 0.4) is 0 Å². The highest BCUT2D eigenvalue weighted by atomic mass is 15.2. The minimum Gasteiger partial charge on any atom is -0.333 e. The third kappa shape index (κ3) is 2.37. The van der Waals surface area contributed by atoms with Crippen molar-refractivity contribution in [2.75, 3.05) is 13.1 Å². The van der Waals surface area contributed by atoms with Crippen molar-refractivity contribution in [2.45, 2.75) is 27.7 Å². The van der Waals surface area contributed by atoms with Gasteiger partial charge in [-0.25, -0.2) is 0 Å². The minimum absolute atomic E-state index is 0.791. The molecule has 0 saturated heterocycles. The van der Waals surface area contributed by atoms with E-state index in [1.807, 2.05) is 20.8 Å².